The molecule has 11 nitrogen and oxygen atoms in total. The van der Waals surface area contributed by atoms with Crippen LogP contribution in [0.1, 0.15) is 19.8 Å². The van der Waals surface area contributed by atoms with Gasteiger partial charge in [-0.2, -0.15) is 0 Å². The molecule has 2 fully saturated rings. The number of carbonyl (C=O) groups excluding carboxylic acids is 2. The average Bonchev–Trinajstić information content (AvgIpc) is 3.43. The van der Waals surface area contributed by atoms with Crippen LogP contribution in [0.4, 0.5) is 10.7 Å². The first kappa shape index (κ1) is 21.9. The lowest BCUT2D eigenvalue weighted by molar-refractivity contribution is -0.138. The number of amides is 2. The number of carbonyl (C=O) groups is 2. The van der Waals surface area contributed by atoms with Gasteiger partial charge in [-0.15, -0.1) is 10.2 Å². The maximum absolute atomic E-state index is 12.3. The molecule has 3 aliphatic heterocycles. The summed E-state index contributed by atoms with van der Waals surface area (Å²) in [6.45, 7) is 6.44. The smallest absolute Gasteiger partial charge is 0.337 e. The number of thioether (sulfide) groups is 1. The van der Waals surface area contributed by atoms with Crippen molar-refractivity contribution in [3.63, 3.8) is 0 Å². The summed E-state index contributed by atoms with van der Waals surface area (Å²) in [6.07, 6.45) is 2.19. The Kier molecular flexibility index (Phi) is 7.30. The topological polar surface area (TPSA) is 120 Å². The Balaban J connectivity index is 1.54. The molecule has 4 heterocycles. The molecule has 12 heteroatoms. The van der Waals surface area contributed by atoms with Crippen molar-refractivity contribution in [2.24, 2.45) is 0 Å². The molecule has 2 N–H and O–H groups in total. The van der Waals surface area contributed by atoms with Crippen molar-refractivity contribution in [1.29, 1.82) is 0 Å². The summed E-state index contributed by atoms with van der Waals surface area (Å²) in [5.41, 5.74) is 0.958. The van der Waals surface area contributed by atoms with Crippen LogP contribution in [0.25, 0.3) is 0 Å². The standard InChI is InChI=1S/C19H28N6O5S/c1-2-29-16(26)14-10-20-17(27)21-15(14)12-31-19-23-22-18(24-5-8-28-9-6-24)25(19)11-13-4-3-7-30-13/h13H,2-12H2,1H3,(H2,20,21,27). The number of ether oxygens (including phenoxy) is 3. The maximum atomic E-state index is 12.3. The van der Waals surface area contributed by atoms with Crippen LogP contribution < -0.4 is 15.5 Å². The molecule has 1 aromatic heterocycles. The largest absolute Gasteiger partial charge is 0.463 e. The third kappa shape index (κ3) is 5.31. The highest BCUT2D eigenvalue weighted by Crippen LogP contribution is 2.27. The molecule has 1 aromatic rings. The van der Waals surface area contributed by atoms with Gasteiger partial charge >= 0.3 is 12.0 Å². The molecule has 3 aliphatic rings. The quantitative estimate of drug-likeness (QED) is 0.429. The fourth-order valence-electron chi connectivity index (χ4n) is 3.74. The third-order valence-corrected chi connectivity index (χ3v) is 6.32. The van der Waals surface area contributed by atoms with E-state index in [9.17, 15) is 9.59 Å². The number of nitrogens with one attached hydrogen (secondary N) is 2. The molecule has 170 valence electrons. The van der Waals surface area contributed by atoms with E-state index >= 15 is 0 Å². The Labute approximate surface area is 184 Å². The average molecular weight is 453 g/mol. The second-order valence-corrected chi connectivity index (χ2v) is 8.34. The van der Waals surface area contributed by atoms with Gasteiger partial charge in [-0.05, 0) is 19.8 Å². The van der Waals surface area contributed by atoms with Crippen LogP contribution in [0.3, 0.4) is 0 Å². The van der Waals surface area contributed by atoms with E-state index in [4.69, 9.17) is 14.2 Å². The number of urea groups is 1. The van der Waals surface area contributed by atoms with Crippen molar-refractivity contribution in [3.05, 3.63) is 11.3 Å². The molecule has 2 saturated heterocycles. The Morgan fingerprint density at radius 2 is 2.13 bits per heavy atom. The highest BCUT2D eigenvalue weighted by Gasteiger charge is 2.27. The molecular formula is C19H28N6O5S. The van der Waals surface area contributed by atoms with E-state index in [0.29, 0.717) is 36.8 Å². The molecule has 0 bridgehead atoms. The van der Waals surface area contributed by atoms with E-state index in [2.05, 4.69) is 30.3 Å². The number of hydrogen-bond donors (Lipinski definition) is 2. The summed E-state index contributed by atoms with van der Waals surface area (Å²) in [6, 6.07) is -0.335. The summed E-state index contributed by atoms with van der Waals surface area (Å²) >= 11 is 1.43. The lowest BCUT2D eigenvalue weighted by Gasteiger charge is -2.28. The molecule has 0 aromatic carbocycles. The molecule has 0 saturated carbocycles. The summed E-state index contributed by atoms with van der Waals surface area (Å²) in [7, 11) is 0. The zero-order valence-corrected chi connectivity index (χ0v) is 18.4. The second kappa shape index (κ2) is 10.3. The molecule has 0 spiro atoms. The van der Waals surface area contributed by atoms with Crippen LogP contribution in [0.15, 0.2) is 16.4 Å². The van der Waals surface area contributed by atoms with Crippen LogP contribution in [-0.2, 0) is 25.5 Å². The van der Waals surface area contributed by atoms with Crippen LogP contribution >= 0.6 is 11.8 Å². The van der Waals surface area contributed by atoms with Crippen LogP contribution in [0, 0.1) is 0 Å². The number of anilines is 1. The Morgan fingerprint density at radius 3 is 2.87 bits per heavy atom. The molecule has 0 radical (unpaired) electrons. The van der Waals surface area contributed by atoms with Gasteiger partial charge in [-0.1, -0.05) is 11.8 Å². The van der Waals surface area contributed by atoms with Gasteiger partial charge in [0.1, 0.15) is 0 Å². The summed E-state index contributed by atoms with van der Waals surface area (Å²) in [5, 5.41) is 14.9. The summed E-state index contributed by atoms with van der Waals surface area (Å²) in [4.78, 5) is 26.3. The SMILES string of the molecule is CCOC(=O)C1=C(CSc2nnc(N3CCOCC3)n2CC2CCCO2)NC(=O)NC1. The van der Waals surface area contributed by atoms with Crippen molar-refractivity contribution < 1.29 is 23.8 Å². The van der Waals surface area contributed by atoms with Gasteiger partial charge in [0, 0.05) is 31.1 Å². The number of nitrogens with zero attached hydrogens (tertiary/aromatic N) is 4. The van der Waals surface area contributed by atoms with Crippen molar-refractivity contribution in [1.82, 2.24) is 25.4 Å². The predicted molar refractivity (Wildman–Crippen MR) is 113 cm³/mol. The van der Waals surface area contributed by atoms with Crippen molar-refractivity contribution in [2.45, 2.75) is 37.6 Å². The van der Waals surface area contributed by atoms with Crippen LogP contribution in [0.5, 0.6) is 0 Å². The lowest BCUT2D eigenvalue weighted by Crippen LogP contribution is -2.44. The predicted octanol–water partition coefficient (Wildman–Crippen LogP) is 0.516. The Hall–Kier alpha value is -2.31. The molecule has 2 amide bonds. The Bertz CT molecular complexity index is 832. The van der Waals surface area contributed by atoms with E-state index < -0.39 is 5.97 Å². The van der Waals surface area contributed by atoms with Crippen molar-refractivity contribution in [3.8, 4) is 0 Å². The molecule has 1 unspecified atom stereocenters. The highest BCUT2D eigenvalue weighted by molar-refractivity contribution is 7.99. The van der Waals surface area contributed by atoms with Crippen LogP contribution in [0.2, 0.25) is 0 Å². The summed E-state index contributed by atoms with van der Waals surface area (Å²) < 4.78 is 18.5. The number of aromatic nitrogens is 3. The maximum Gasteiger partial charge on any atom is 0.337 e. The minimum atomic E-state index is -0.430. The number of esters is 1. The third-order valence-electron chi connectivity index (χ3n) is 5.32. The minimum Gasteiger partial charge on any atom is -0.463 e. The number of morpholine rings is 1. The Morgan fingerprint density at radius 1 is 1.29 bits per heavy atom. The van der Waals surface area contributed by atoms with Gasteiger partial charge in [0.25, 0.3) is 0 Å². The van der Waals surface area contributed by atoms with Crippen molar-refractivity contribution in [2.75, 3.05) is 56.7 Å². The van der Waals surface area contributed by atoms with E-state index in [1.165, 1.54) is 11.8 Å². The molecule has 0 aliphatic carbocycles. The normalized spacial score (nSPS) is 21.8. The van der Waals surface area contributed by atoms with E-state index in [1.54, 1.807) is 6.92 Å². The van der Waals surface area contributed by atoms with Gasteiger partial charge in [-0.3, -0.25) is 4.57 Å². The number of rotatable bonds is 8. The highest BCUT2D eigenvalue weighted by atomic mass is 32.2. The van der Waals surface area contributed by atoms with Crippen LogP contribution in [-0.4, -0.2) is 84.7 Å². The zero-order chi connectivity index (χ0) is 21.6. The fourth-order valence-corrected chi connectivity index (χ4v) is 4.67. The first-order valence-corrected chi connectivity index (χ1v) is 11.6. The van der Waals surface area contributed by atoms with Gasteiger partial charge < -0.3 is 29.7 Å². The molecule has 31 heavy (non-hydrogen) atoms. The summed E-state index contributed by atoms with van der Waals surface area (Å²) in [5.74, 6) is 0.740. The zero-order valence-electron chi connectivity index (χ0n) is 17.6. The molecule has 1 atom stereocenters. The minimum absolute atomic E-state index is 0.128. The first-order chi connectivity index (χ1) is 15.2. The van der Waals surface area contributed by atoms with E-state index in [1.807, 2.05) is 0 Å². The van der Waals surface area contributed by atoms with E-state index in [-0.39, 0.29) is 25.3 Å². The molecular weight excluding hydrogens is 424 g/mol. The number of hydrogen-bond acceptors (Lipinski definition) is 9. The van der Waals surface area contributed by atoms with E-state index in [0.717, 1.165) is 43.6 Å². The van der Waals surface area contributed by atoms with Gasteiger partial charge in [0.05, 0.1) is 44.6 Å². The van der Waals surface area contributed by atoms with Gasteiger partial charge in [-0.25, -0.2) is 9.59 Å². The monoisotopic (exact) mass is 452 g/mol. The lowest BCUT2D eigenvalue weighted by atomic mass is 10.2. The first-order valence-electron chi connectivity index (χ1n) is 10.6. The molecule has 4 rings (SSSR count). The fraction of sp³-hybridized carbons (Fsp3) is 0.684. The van der Waals surface area contributed by atoms with Gasteiger partial charge in [0.15, 0.2) is 5.16 Å². The van der Waals surface area contributed by atoms with Gasteiger partial charge in [0.2, 0.25) is 5.95 Å². The second-order valence-electron chi connectivity index (χ2n) is 7.40. The van der Waals surface area contributed by atoms with Crippen molar-refractivity contribution >= 4 is 29.7 Å².